The van der Waals surface area contributed by atoms with Crippen molar-refractivity contribution in [2.75, 3.05) is 26.3 Å². The van der Waals surface area contributed by atoms with Gasteiger partial charge in [-0.15, -0.1) is 0 Å². The summed E-state index contributed by atoms with van der Waals surface area (Å²) in [5.74, 6) is 0.925. The second kappa shape index (κ2) is 7.74. The van der Waals surface area contributed by atoms with Gasteiger partial charge in [0.2, 0.25) is 5.91 Å². The molecule has 106 valence electrons. The highest BCUT2D eigenvalue weighted by atomic mass is 16.5. The number of amides is 1. The Bertz CT molecular complexity index is 250. The average molecular weight is 256 g/mol. The fraction of sp³-hybridized carbons (Fsp3) is 0.929. The van der Waals surface area contributed by atoms with Crippen LogP contribution in [0.15, 0.2) is 0 Å². The third-order valence-corrected chi connectivity index (χ3v) is 3.40. The fourth-order valence-corrected chi connectivity index (χ4v) is 2.22. The number of ether oxygens (including phenoxy) is 1. The summed E-state index contributed by atoms with van der Waals surface area (Å²) in [6.07, 6.45) is 2.32. The van der Waals surface area contributed by atoms with E-state index in [1.54, 1.807) is 0 Å². The van der Waals surface area contributed by atoms with Gasteiger partial charge in [-0.25, -0.2) is 0 Å². The molecule has 1 heterocycles. The van der Waals surface area contributed by atoms with Gasteiger partial charge in [0.25, 0.3) is 0 Å². The van der Waals surface area contributed by atoms with Gasteiger partial charge in [-0.1, -0.05) is 13.8 Å². The summed E-state index contributed by atoms with van der Waals surface area (Å²) >= 11 is 0. The second-order valence-electron chi connectivity index (χ2n) is 5.70. The molecule has 1 fully saturated rings. The van der Waals surface area contributed by atoms with Crippen molar-refractivity contribution in [1.29, 1.82) is 0 Å². The van der Waals surface area contributed by atoms with Crippen LogP contribution in [0.3, 0.4) is 0 Å². The molecular formula is C14H28N2O2. The predicted octanol–water partition coefficient (Wildman–Crippen LogP) is 1.65. The SMILES string of the molecule is CC(C)CC[C@H](C)N[C@@H](C)C(=O)N1CCOCC1. The molecule has 1 N–H and O–H groups in total. The maximum absolute atomic E-state index is 12.2. The molecule has 18 heavy (non-hydrogen) atoms. The van der Waals surface area contributed by atoms with Gasteiger partial charge < -0.3 is 15.0 Å². The minimum atomic E-state index is -0.0923. The van der Waals surface area contributed by atoms with Gasteiger partial charge in [-0.2, -0.15) is 0 Å². The summed E-state index contributed by atoms with van der Waals surface area (Å²) < 4.78 is 5.26. The van der Waals surface area contributed by atoms with Gasteiger partial charge >= 0.3 is 0 Å². The first kappa shape index (κ1) is 15.4. The molecule has 1 rings (SSSR count). The normalized spacial score (nSPS) is 19.9. The van der Waals surface area contributed by atoms with Crippen molar-refractivity contribution in [2.24, 2.45) is 5.92 Å². The number of morpholine rings is 1. The van der Waals surface area contributed by atoms with Gasteiger partial charge in [0, 0.05) is 19.1 Å². The monoisotopic (exact) mass is 256 g/mol. The lowest BCUT2D eigenvalue weighted by atomic mass is 10.0. The molecule has 1 amide bonds. The number of hydrogen-bond donors (Lipinski definition) is 1. The highest BCUT2D eigenvalue weighted by Gasteiger charge is 2.23. The Kier molecular flexibility index (Phi) is 6.65. The lowest BCUT2D eigenvalue weighted by Gasteiger charge is -2.30. The summed E-state index contributed by atoms with van der Waals surface area (Å²) in [5.41, 5.74) is 0. The first-order valence-electron chi connectivity index (χ1n) is 7.13. The second-order valence-corrected chi connectivity index (χ2v) is 5.70. The largest absolute Gasteiger partial charge is 0.378 e. The summed E-state index contributed by atoms with van der Waals surface area (Å²) in [6, 6.07) is 0.303. The third-order valence-electron chi connectivity index (χ3n) is 3.40. The topological polar surface area (TPSA) is 41.6 Å². The van der Waals surface area contributed by atoms with Crippen LogP contribution in [0.25, 0.3) is 0 Å². The van der Waals surface area contributed by atoms with Crippen LogP contribution in [-0.4, -0.2) is 49.2 Å². The standard InChI is InChI=1S/C14H28N2O2/c1-11(2)5-6-12(3)15-13(4)14(17)16-7-9-18-10-8-16/h11-13,15H,5-10H2,1-4H3/t12-,13-/m0/s1. The molecule has 2 atom stereocenters. The van der Waals surface area contributed by atoms with Crippen molar-refractivity contribution in [2.45, 2.75) is 52.6 Å². The van der Waals surface area contributed by atoms with Crippen LogP contribution >= 0.6 is 0 Å². The van der Waals surface area contributed by atoms with Gasteiger partial charge in [-0.05, 0) is 32.6 Å². The fourth-order valence-electron chi connectivity index (χ4n) is 2.22. The Morgan fingerprint density at radius 3 is 2.33 bits per heavy atom. The molecule has 0 saturated carbocycles. The molecule has 4 nitrogen and oxygen atoms in total. The highest BCUT2D eigenvalue weighted by Crippen LogP contribution is 2.08. The van der Waals surface area contributed by atoms with Crippen molar-refractivity contribution in [1.82, 2.24) is 10.2 Å². The minimum absolute atomic E-state index is 0.0923. The maximum Gasteiger partial charge on any atom is 0.239 e. The van der Waals surface area contributed by atoms with Crippen molar-refractivity contribution in [3.05, 3.63) is 0 Å². The van der Waals surface area contributed by atoms with Crippen LogP contribution in [0.5, 0.6) is 0 Å². The quantitative estimate of drug-likeness (QED) is 0.785. The van der Waals surface area contributed by atoms with Crippen LogP contribution in [0.4, 0.5) is 0 Å². The van der Waals surface area contributed by atoms with E-state index in [0.29, 0.717) is 19.3 Å². The Balaban J connectivity index is 2.29. The van der Waals surface area contributed by atoms with Crippen LogP contribution < -0.4 is 5.32 Å². The van der Waals surface area contributed by atoms with Gasteiger partial charge in [0.15, 0.2) is 0 Å². The van der Waals surface area contributed by atoms with Crippen LogP contribution in [0, 0.1) is 5.92 Å². The van der Waals surface area contributed by atoms with E-state index in [1.807, 2.05) is 11.8 Å². The van der Waals surface area contributed by atoms with E-state index in [2.05, 4.69) is 26.1 Å². The number of carbonyl (C=O) groups excluding carboxylic acids is 1. The van der Waals surface area contributed by atoms with Crippen LogP contribution in [0.1, 0.15) is 40.5 Å². The van der Waals surface area contributed by atoms with Crippen molar-refractivity contribution in [3.8, 4) is 0 Å². The van der Waals surface area contributed by atoms with E-state index in [4.69, 9.17) is 4.74 Å². The summed E-state index contributed by atoms with van der Waals surface area (Å²) in [6.45, 7) is 11.4. The molecule has 4 heteroatoms. The molecule has 1 aliphatic rings. The zero-order valence-electron chi connectivity index (χ0n) is 12.2. The van der Waals surface area contributed by atoms with E-state index in [9.17, 15) is 4.79 Å². The molecule has 0 spiro atoms. The molecule has 0 unspecified atom stereocenters. The van der Waals surface area contributed by atoms with Gasteiger partial charge in [0.05, 0.1) is 19.3 Å². The lowest BCUT2D eigenvalue weighted by Crippen LogP contribution is -2.51. The number of rotatable bonds is 6. The minimum Gasteiger partial charge on any atom is -0.378 e. The van der Waals surface area contributed by atoms with Crippen LogP contribution in [0.2, 0.25) is 0 Å². The number of hydrogen-bond acceptors (Lipinski definition) is 3. The molecule has 0 aliphatic carbocycles. The lowest BCUT2D eigenvalue weighted by molar-refractivity contribution is -0.137. The number of carbonyl (C=O) groups is 1. The number of nitrogens with zero attached hydrogens (tertiary/aromatic N) is 1. The van der Waals surface area contributed by atoms with E-state index in [0.717, 1.165) is 25.4 Å². The zero-order valence-corrected chi connectivity index (χ0v) is 12.2. The Labute approximate surface area is 111 Å². The first-order chi connectivity index (χ1) is 8.50. The number of nitrogens with one attached hydrogen (secondary N) is 1. The molecule has 1 aliphatic heterocycles. The van der Waals surface area contributed by atoms with Gasteiger partial charge in [-0.3, -0.25) is 4.79 Å². The molecule has 0 bridgehead atoms. The van der Waals surface area contributed by atoms with Crippen LogP contribution in [-0.2, 0) is 9.53 Å². The first-order valence-corrected chi connectivity index (χ1v) is 7.13. The molecular weight excluding hydrogens is 228 g/mol. The van der Waals surface area contributed by atoms with Gasteiger partial charge in [0.1, 0.15) is 0 Å². The molecule has 1 saturated heterocycles. The summed E-state index contributed by atoms with van der Waals surface area (Å²) in [7, 11) is 0. The van der Waals surface area contributed by atoms with E-state index < -0.39 is 0 Å². The Morgan fingerprint density at radius 2 is 1.78 bits per heavy atom. The Morgan fingerprint density at radius 1 is 1.17 bits per heavy atom. The van der Waals surface area contributed by atoms with Crippen molar-refractivity contribution in [3.63, 3.8) is 0 Å². The van der Waals surface area contributed by atoms with Crippen molar-refractivity contribution < 1.29 is 9.53 Å². The van der Waals surface area contributed by atoms with E-state index in [1.165, 1.54) is 6.42 Å². The van der Waals surface area contributed by atoms with E-state index in [-0.39, 0.29) is 11.9 Å². The average Bonchev–Trinajstić information content (AvgIpc) is 2.36. The Hall–Kier alpha value is -0.610. The predicted molar refractivity (Wildman–Crippen MR) is 73.5 cm³/mol. The maximum atomic E-state index is 12.2. The summed E-state index contributed by atoms with van der Waals surface area (Å²) in [4.78, 5) is 14.1. The highest BCUT2D eigenvalue weighted by molar-refractivity contribution is 5.81. The summed E-state index contributed by atoms with van der Waals surface area (Å²) in [5, 5.41) is 3.40. The van der Waals surface area contributed by atoms with Crippen molar-refractivity contribution >= 4 is 5.91 Å². The smallest absolute Gasteiger partial charge is 0.239 e. The molecule has 0 aromatic heterocycles. The third kappa shape index (κ3) is 5.36. The molecule has 0 aromatic rings. The molecule has 0 radical (unpaired) electrons. The van der Waals surface area contributed by atoms with E-state index >= 15 is 0 Å². The molecule has 0 aromatic carbocycles. The zero-order chi connectivity index (χ0) is 13.5.